The van der Waals surface area contributed by atoms with Crippen LogP contribution in [0.15, 0.2) is 24.3 Å². The number of carbonyl (C=O) groups excluding carboxylic acids is 2. The van der Waals surface area contributed by atoms with Gasteiger partial charge in [-0.1, -0.05) is 115 Å². The molecular weight excluding hydrogens is 617 g/mol. The van der Waals surface area contributed by atoms with Crippen molar-refractivity contribution in [3.8, 4) is 0 Å². The Labute approximate surface area is 288 Å². The highest BCUT2D eigenvalue weighted by Crippen LogP contribution is 2.38. The van der Waals surface area contributed by atoms with Crippen LogP contribution >= 0.6 is 7.82 Å². The zero-order valence-corrected chi connectivity index (χ0v) is 31.6. The van der Waals surface area contributed by atoms with Crippen molar-refractivity contribution in [2.75, 3.05) is 47.5 Å². The molecule has 0 aromatic heterocycles. The maximum atomic E-state index is 12.6. The largest absolute Gasteiger partial charge is 0.756 e. The number of hydrogen-bond acceptors (Lipinski definition) is 8. The Morgan fingerprint density at radius 3 is 1.72 bits per heavy atom. The molecule has 0 aliphatic heterocycles. The van der Waals surface area contributed by atoms with Crippen molar-refractivity contribution < 1.29 is 42.1 Å². The third-order valence-corrected chi connectivity index (χ3v) is 8.69. The van der Waals surface area contributed by atoms with Gasteiger partial charge in [-0.3, -0.25) is 14.2 Å². The lowest BCUT2D eigenvalue weighted by atomic mass is 10.1. The average Bonchev–Trinajstić information content (AvgIpc) is 3.01. The fraction of sp³-hybridized carbons (Fsp3) is 0.838. The number of nitrogens with zero attached hydrogens (tertiary/aromatic N) is 1. The van der Waals surface area contributed by atoms with Gasteiger partial charge in [-0.25, -0.2) is 0 Å². The van der Waals surface area contributed by atoms with Crippen molar-refractivity contribution in [3.05, 3.63) is 24.3 Å². The smallest absolute Gasteiger partial charge is 0.306 e. The molecule has 0 aliphatic carbocycles. The second kappa shape index (κ2) is 30.5. The van der Waals surface area contributed by atoms with Crippen LogP contribution in [0.1, 0.15) is 149 Å². The highest BCUT2D eigenvalue weighted by atomic mass is 31.2. The molecule has 9 nitrogen and oxygen atoms in total. The number of allylic oxidation sites excluding steroid dienone is 4. The number of rotatable bonds is 33. The van der Waals surface area contributed by atoms with E-state index in [1.54, 1.807) is 0 Å². The summed E-state index contributed by atoms with van der Waals surface area (Å²) in [6, 6.07) is 0. The molecule has 276 valence electrons. The van der Waals surface area contributed by atoms with Gasteiger partial charge in [0.1, 0.15) is 19.8 Å². The van der Waals surface area contributed by atoms with Crippen molar-refractivity contribution in [2.45, 2.75) is 155 Å². The molecular formula is C37H70NO8P. The summed E-state index contributed by atoms with van der Waals surface area (Å²) in [6.07, 6.45) is 29.3. The summed E-state index contributed by atoms with van der Waals surface area (Å²) in [7, 11) is 1.15. The molecule has 0 bridgehead atoms. The number of phosphoric acid groups is 1. The van der Waals surface area contributed by atoms with E-state index in [1.165, 1.54) is 57.8 Å². The van der Waals surface area contributed by atoms with Gasteiger partial charge in [0.15, 0.2) is 6.10 Å². The lowest BCUT2D eigenvalue weighted by Gasteiger charge is -2.28. The molecule has 1 unspecified atom stereocenters. The first-order valence-electron chi connectivity index (χ1n) is 18.5. The van der Waals surface area contributed by atoms with Crippen LogP contribution in [0.3, 0.4) is 0 Å². The van der Waals surface area contributed by atoms with E-state index in [-0.39, 0.29) is 26.1 Å². The quantitative estimate of drug-likeness (QED) is 0.0221. The fourth-order valence-corrected chi connectivity index (χ4v) is 5.47. The molecule has 0 saturated carbocycles. The highest BCUT2D eigenvalue weighted by molar-refractivity contribution is 7.45. The van der Waals surface area contributed by atoms with Crippen LogP contribution in [0.4, 0.5) is 0 Å². The number of quaternary nitrogens is 1. The van der Waals surface area contributed by atoms with E-state index in [0.29, 0.717) is 17.4 Å². The Morgan fingerprint density at radius 2 is 1.15 bits per heavy atom. The summed E-state index contributed by atoms with van der Waals surface area (Å²) in [4.78, 5) is 37.2. The van der Waals surface area contributed by atoms with Crippen molar-refractivity contribution in [2.24, 2.45) is 0 Å². The molecule has 0 aromatic rings. The molecule has 0 spiro atoms. The second-order valence-electron chi connectivity index (χ2n) is 13.6. The topological polar surface area (TPSA) is 111 Å². The molecule has 0 fully saturated rings. The van der Waals surface area contributed by atoms with Gasteiger partial charge in [0.2, 0.25) is 0 Å². The van der Waals surface area contributed by atoms with Crippen molar-refractivity contribution >= 4 is 19.8 Å². The Bertz CT molecular complexity index is 871. The van der Waals surface area contributed by atoms with Crippen LogP contribution in [0.25, 0.3) is 0 Å². The van der Waals surface area contributed by atoms with E-state index in [9.17, 15) is 19.0 Å². The number of carbonyl (C=O) groups is 2. The van der Waals surface area contributed by atoms with Crippen LogP contribution in [-0.2, 0) is 32.7 Å². The number of unbranched alkanes of at least 4 members (excludes halogenated alkanes) is 15. The third-order valence-electron chi connectivity index (χ3n) is 7.72. The third kappa shape index (κ3) is 34.2. The SMILES string of the molecule is CCCCC/C=C/C/C=C/CCCCCCCC(=O)O[C@H](COC(=O)CCCCCCCCCC)COP(=O)([O-])OCC[N+](C)(C)C. The Balaban J connectivity index is 4.46. The van der Waals surface area contributed by atoms with Gasteiger partial charge in [-0.05, 0) is 44.9 Å². The van der Waals surface area contributed by atoms with Crippen LogP contribution in [0, 0.1) is 0 Å². The van der Waals surface area contributed by atoms with E-state index in [0.717, 1.165) is 57.8 Å². The Morgan fingerprint density at radius 1 is 0.660 bits per heavy atom. The molecule has 0 rings (SSSR count). The lowest BCUT2D eigenvalue weighted by Crippen LogP contribution is -2.37. The summed E-state index contributed by atoms with van der Waals surface area (Å²) in [6.45, 7) is 4.13. The normalized spacial score (nSPS) is 14.1. The zero-order valence-electron chi connectivity index (χ0n) is 30.7. The minimum Gasteiger partial charge on any atom is -0.756 e. The maximum absolute atomic E-state index is 12.6. The van der Waals surface area contributed by atoms with Gasteiger partial charge in [0.05, 0.1) is 27.7 Å². The van der Waals surface area contributed by atoms with Crippen molar-refractivity contribution in [1.29, 1.82) is 0 Å². The van der Waals surface area contributed by atoms with E-state index < -0.39 is 32.5 Å². The zero-order chi connectivity index (χ0) is 35.1. The molecule has 0 saturated heterocycles. The molecule has 2 atom stereocenters. The van der Waals surface area contributed by atoms with Gasteiger partial charge in [-0.15, -0.1) is 0 Å². The first-order chi connectivity index (χ1) is 22.5. The van der Waals surface area contributed by atoms with E-state index in [2.05, 4.69) is 38.2 Å². The summed E-state index contributed by atoms with van der Waals surface area (Å²) < 4.78 is 33.6. The second-order valence-corrected chi connectivity index (χ2v) is 15.0. The van der Waals surface area contributed by atoms with Crippen LogP contribution in [0.2, 0.25) is 0 Å². The monoisotopic (exact) mass is 687 g/mol. The standard InChI is InChI=1S/C37H70NO8P/c1-6-8-10-12-14-16-17-18-19-20-21-22-24-26-28-30-37(40)46-35(34-45-47(41,42)44-32-31-38(3,4)5)33-43-36(39)29-27-25-23-15-13-11-9-7-2/h14,16,18-19,35H,6-13,15,17,20-34H2,1-5H3/b16-14+,19-18+/t35-/m1/s1. The fourth-order valence-electron chi connectivity index (χ4n) is 4.74. The average molecular weight is 688 g/mol. The Hall–Kier alpha value is -1.51. The number of phosphoric ester groups is 1. The minimum absolute atomic E-state index is 0.0326. The summed E-state index contributed by atoms with van der Waals surface area (Å²) in [5, 5.41) is 0. The molecule has 10 heteroatoms. The summed E-state index contributed by atoms with van der Waals surface area (Å²) in [5.74, 6) is -0.856. The molecule has 0 aromatic carbocycles. The van der Waals surface area contributed by atoms with Gasteiger partial charge >= 0.3 is 11.9 Å². The maximum Gasteiger partial charge on any atom is 0.306 e. The number of hydrogen-bond donors (Lipinski definition) is 0. The van der Waals surface area contributed by atoms with Gasteiger partial charge in [-0.2, -0.15) is 0 Å². The number of ether oxygens (including phenoxy) is 2. The number of likely N-dealkylation sites (N-methyl/N-ethyl adjacent to an activating group) is 1. The van der Waals surface area contributed by atoms with Gasteiger partial charge in [0, 0.05) is 12.8 Å². The summed E-state index contributed by atoms with van der Waals surface area (Å²) >= 11 is 0. The highest BCUT2D eigenvalue weighted by Gasteiger charge is 2.21. The van der Waals surface area contributed by atoms with E-state index in [4.69, 9.17) is 18.5 Å². The molecule has 0 N–H and O–H groups in total. The predicted octanol–water partition coefficient (Wildman–Crippen LogP) is 8.99. The van der Waals surface area contributed by atoms with Crippen LogP contribution < -0.4 is 4.89 Å². The molecule has 0 aliphatic rings. The summed E-state index contributed by atoms with van der Waals surface area (Å²) in [5.41, 5.74) is 0. The van der Waals surface area contributed by atoms with Gasteiger partial charge in [0.25, 0.3) is 7.82 Å². The molecule has 0 amide bonds. The first-order valence-corrected chi connectivity index (χ1v) is 20.0. The first kappa shape index (κ1) is 45.5. The van der Waals surface area contributed by atoms with Crippen molar-refractivity contribution in [3.63, 3.8) is 0 Å². The molecule has 0 radical (unpaired) electrons. The molecule has 0 heterocycles. The van der Waals surface area contributed by atoms with Crippen molar-refractivity contribution in [1.82, 2.24) is 0 Å². The predicted molar refractivity (Wildman–Crippen MR) is 190 cm³/mol. The van der Waals surface area contributed by atoms with Gasteiger partial charge < -0.3 is 27.9 Å². The van der Waals surface area contributed by atoms with E-state index >= 15 is 0 Å². The number of esters is 2. The Kier molecular flexibility index (Phi) is 29.6. The minimum atomic E-state index is -4.61. The van der Waals surface area contributed by atoms with Crippen LogP contribution in [0.5, 0.6) is 0 Å². The van der Waals surface area contributed by atoms with Crippen LogP contribution in [-0.4, -0.2) is 70.0 Å². The molecule has 47 heavy (non-hydrogen) atoms. The lowest BCUT2D eigenvalue weighted by molar-refractivity contribution is -0.870. The van der Waals surface area contributed by atoms with E-state index in [1.807, 2.05) is 21.1 Å².